The smallest absolute Gasteiger partial charge is 0.126 e. The normalized spacial score (nSPS) is 19.9. The monoisotopic (exact) mass is 277 g/mol. The summed E-state index contributed by atoms with van der Waals surface area (Å²) in [4.78, 5) is 4.71. The molecule has 114 valence electrons. The summed E-state index contributed by atoms with van der Waals surface area (Å²) in [7, 11) is 0. The lowest BCUT2D eigenvalue weighted by Crippen LogP contribution is -2.39. The SMILES string of the molecule is CCCNC(c1nccn1CCC)C1(C)CCCCC1. The maximum absolute atomic E-state index is 4.71. The number of imidazole rings is 1. The van der Waals surface area contributed by atoms with Crippen LogP contribution in [-0.4, -0.2) is 16.1 Å². The highest BCUT2D eigenvalue weighted by Gasteiger charge is 2.38. The second-order valence-electron chi connectivity index (χ2n) is 6.58. The van der Waals surface area contributed by atoms with Crippen LogP contribution in [0.2, 0.25) is 0 Å². The fourth-order valence-corrected chi connectivity index (χ4v) is 3.60. The van der Waals surface area contributed by atoms with Gasteiger partial charge in [-0.1, -0.05) is 40.0 Å². The summed E-state index contributed by atoms with van der Waals surface area (Å²) in [5.41, 5.74) is 0.365. The molecule has 0 radical (unpaired) electrons. The van der Waals surface area contributed by atoms with E-state index in [4.69, 9.17) is 4.98 Å². The molecule has 1 aliphatic rings. The third kappa shape index (κ3) is 3.43. The summed E-state index contributed by atoms with van der Waals surface area (Å²) in [6.45, 7) is 9.10. The zero-order chi connectivity index (χ0) is 14.4. The first-order chi connectivity index (χ1) is 9.71. The van der Waals surface area contributed by atoms with Crippen LogP contribution in [0.5, 0.6) is 0 Å². The third-order valence-corrected chi connectivity index (χ3v) is 4.76. The molecule has 0 spiro atoms. The Morgan fingerprint density at radius 3 is 2.65 bits per heavy atom. The van der Waals surface area contributed by atoms with Gasteiger partial charge in [0.2, 0.25) is 0 Å². The highest BCUT2D eigenvalue weighted by molar-refractivity contribution is 5.06. The van der Waals surface area contributed by atoms with Crippen molar-refractivity contribution in [3.8, 4) is 0 Å². The molecule has 1 fully saturated rings. The van der Waals surface area contributed by atoms with Crippen LogP contribution in [0.15, 0.2) is 12.4 Å². The first-order valence-corrected chi connectivity index (χ1v) is 8.45. The van der Waals surface area contributed by atoms with E-state index in [0.717, 1.165) is 13.1 Å². The molecule has 1 heterocycles. The van der Waals surface area contributed by atoms with E-state index >= 15 is 0 Å². The molecular weight excluding hydrogens is 246 g/mol. The largest absolute Gasteiger partial charge is 0.334 e. The first kappa shape index (κ1) is 15.6. The highest BCUT2D eigenvalue weighted by Crippen LogP contribution is 2.45. The van der Waals surface area contributed by atoms with Crippen molar-refractivity contribution in [2.24, 2.45) is 5.41 Å². The molecule has 1 aromatic rings. The summed E-state index contributed by atoms with van der Waals surface area (Å²) >= 11 is 0. The number of nitrogens with zero attached hydrogens (tertiary/aromatic N) is 2. The second-order valence-corrected chi connectivity index (χ2v) is 6.58. The molecule has 1 atom stereocenters. The van der Waals surface area contributed by atoms with Crippen molar-refractivity contribution in [1.29, 1.82) is 0 Å². The molecule has 1 N–H and O–H groups in total. The van der Waals surface area contributed by atoms with E-state index in [1.807, 2.05) is 6.20 Å². The maximum atomic E-state index is 4.71. The van der Waals surface area contributed by atoms with Crippen molar-refractivity contribution in [1.82, 2.24) is 14.9 Å². The standard InChI is InChI=1S/C17H31N3/c1-4-11-18-15(17(3)9-7-6-8-10-17)16-19-12-14-20(16)13-5-2/h12,14-15,18H,4-11,13H2,1-3H3. The number of hydrogen-bond donors (Lipinski definition) is 1. The van der Waals surface area contributed by atoms with Gasteiger partial charge in [0.1, 0.15) is 5.82 Å². The minimum absolute atomic E-state index is 0.365. The quantitative estimate of drug-likeness (QED) is 0.805. The molecular formula is C17H31N3. The van der Waals surface area contributed by atoms with Crippen molar-refractivity contribution in [3.63, 3.8) is 0 Å². The molecule has 3 nitrogen and oxygen atoms in total. The zero-order valence-corrected chi connectivity index (χ0v) is 13.5. The van der Waals surface area contributed by atoms with Gasteiger partial charge in [-0.25, -0.2) is 4.98 Å². The van der Waals surface area contributed by atoms with Crippen LogP contribution in [0.25, 0.3) is 0 Å². The highest BCUT2D eigenvalue weighted by atomic mass is 15.1. The van der Waals surface area contributed by atoms with Crippen LogP contribution in [0.4, 0.5) is 0 Å². The molecule has 2 rings (SSSR count). The predicted octanol–water partition coefficient (Wildman–Crippen LogP) is 4.30. The molecule has 1 saturated carbocycles. The number of rotatable bonds is 7. The van der Waals surface area contributed by atoms with E-state index in [-0.39, 0.29) is 0 Å². The van der Waals surface area contributed by atoms with Gasteiger partial charge in [0, 0.05) is 18.9 Å². The Labute approximate surface area is 124 Å². The van der Waals surface area contributed by atoms with Gasteiger partial charge in [0.05, 0.1) is 6.04 Å². The summed E-state index contributed by atoms with van der Waals surface area (Å²) in [5, 5.41) is 3.80. The lowest BCUT2D eigenvalue weighted by atomic mass is 9.70. The van der Waals surface area contributed by atoms with Crippen molar-refractivity contribution in [2.75, 3.05) is 6.54 Å². The summed E-state index contributed by atoms with van der Waals surface area (Å²) < 4.78 is 2.35. The van der Waals surface area contributed by atoms with Gasteiger partial charge in [0.15, 0.2) is 0 Å². The Bertz CT molecular complexity index is 391. The zero-order valence-electron chi connectivity index (χ0n) is 13.5. The van der Waals surface area contributed by atoms with E-state index in [2.05, 4.69) is 36.9 Å². The molecule has 0 bridgehead atoms. The van der Waals surface area contributed by atoms with Crippen LogP contribution in [0, 0.1) is 5.41 Å². The Balaban J connectivity index is 2.23. The number of nitrogens with one attached hydrogen (secondary N) is 1. The minimum atomic E-state index is 0.365. The number of aryl methyl sites for hydroxylation is 1. The van der Waals surface area contributed by atoms with Crippen LogP contribution in [0.1, 0.15) is 77.6 Å². The predicted molar refractivity (Wildman–Crippen MR) is 84.7 cm³/mol. The minimum Gasteiger partial charge on any atom is -0.334 e. The van der Waals surface area contributed by atoms with Crippen LogP contribution in [0.3, 0.4) is 0 Å². The molecule has 0 amide bonds. The summed E-state index contributed by atoms with van der Waals surface area (Å²) in [5.74, 6) is 1.25. The molecule has 1 aromatic heterocycles. The van der Waals surface area contributed by atoms with Gasteiger partial charge in [0.25, 0.3) is 0 Å². The van der Waals surface area contributed by atoms with Gasteiger partial charge in [-0.05, 0) is 37.6 Å². The third-order valence-electron chi connectivity index (χ3n) is 4.76. The first-order valence-electron chi connectivity index (χ1n) is 8.45. The molecule has 20 heavy (non-hydrogen) atoms. The average Bonchev–Trinajstić information content (AvgIpc) is 2.88. The van der Waals surface area contributed by atoms with Gasteiger partial charge in [-0.3, -0.25) is 0 Å². The van der Waals surface area contributed by atoms with Gasteiger partial charge in [-0.15, -0.1) is 0 Å². The van der Waals surface area contributed by atoms with Crippen LogP contribution in [-0.2, 0) is 6.54 Å². The van der Waals surface area contributed by atoms with Crippen LogP contribution >= 0.6 is 0 Å². The Kier molecular flexibility index (Phi) is 5.64. The average molecular weight is 277 g/mol. The van der Waals surface area contributed by atoms with E-state index < -0.39 is 0 Å². The van der Waals surface area contributed by atoms with E-state index in [1.54, 1.807) is 0 Å². The van der Waals surface area contributed by atoms with Crippen molar-refractivity contribution in [3.05, 3.63) is 18.2 Å². The van der Waals surface area contributed by atoms with Crippen molar-refractivity contribution >= 4 is 0 Å². The molecule has 0 aromatic carbocycles. The van der Waals surface area contributed by atoms with Crippen molar-refractivity contribution < 1.29 is 0 Å². The topological polar surface area (TPSA) is 29.9 Å². The Morgan fingerprint density at radius 1 is 1.25 bits per heavy atom. The fraction of sp³-hybridized carbons (Fsp3) is 0.824. The second kappa shape index (κ2) is 7.26. The fourth-order valence-electron chi connectivity index (χ4n) is 3.60. The van der Waals surface area contributed by atoms with Gasteiger partial charge < -0.3 is 9.88 Å². The molecule has 0 aliphatic heterocycles. The maximum Gasteiger partial charge on any atom is 0.126 e. The van der Waals surface area contributed by atoms with E-state index in [0.29, 0.717) is 11.5 Å². The lowest BCUT2D eigenvalue weighted by Gasteiger charge is -2.41. The molecule has 1 aliphatic carbocycles. The molecule has 0 saturated heterocycles. The molecule has 3 heteroatoms. The van der Waals surface area contributed by atoms with Crippen molar-refractivity contribution in [2.45, 2.75) is 78.3 Å². The van der Waals surface area contributed by atoms with E-state index in [1.165, 1.54) is 50.8 Å². The Hall–Kier alpha value is -0.830. The van der Waals surface area contributed by atoms with Crippen LogP contribution < -0.4 is 5.32 Å². The van der Waals surface area contributed by atoms with Gasteiger partial charge in [-0.2, -0.15) is 0 Å². The lowest BCUT2D eigenvalue weighted by molar-refractivity contribution is 0.136. The molecule has 1 unspecified atom stereocenters. The number of hydrogen-bond acceptors (Lipinski definition) is 2. The summed E-state index contributed by atoms with van der Waals surface area (Å²) in [6.07, 6.45) is 13.3. The van der Waals surface area contributed by atoms with E-state index in [9.17, 15) is 0 Å². The number of aromatic nitrogens is 2. The van der Waals surface area contributed by atoms with Gasteiger partial charge >= 0.3 is 0 Å². The summed E-state index contributed by atoms with van der Waals surface area (Å²) in [6, 6.07) is 0.407. The Morgan fingerprint density at radius 2 is 2.00 bits per heavy atom.